The van der Waals surface area contributed by atoms with Crippen molar-refractivity contribution in [3.05, 3.63) is 71.1 Å². The maximum Gasteiger partial charge on any atom is 0.165 e. The summed E-state index contributed by atoms with van der Waals surface area (Å²) in [5.41, 5.74) is 3.54. The van der Waals surface area contributed by atoms with Gasteiger partial charge in [-0.25, -0.2) is 4.98 Å². The van der Waals surface area contributed by atoms with Crippen molar-refractivity contribution in [2.75, 3.05) is 0 Å². The molecule has 126 valence electrons. The Labute approximate surface area is 152 Å². The Morgan fingerprint density at radius 2 is 1.80 bits per heavy atom. The van der Waals surface area contributed by atoms with Crippen LogP contribution < -0.4 is 0 Å². The van der Waals surface area contributed by atoms with Crippen molar-refractivity contribution >= 4 is 17.4 Å². The number of carbonyl (C=O) groups excluding carboxylic acids is 1. The van der Waals surface area contributed by atoms with Crippen LogP contribution in [0.5, 0.6) is 0 Å². The van der Waals surface area contributed by atoms with E-state index >= 15 is 0 Å². The quantitative estimate of drug-likeness (QED) is 0.624. The highest BCUT2D eigenvalue weighted by atomic mass is 35.5. The highest BCUT2D eigenvalue weighted by Crippen LogP contribution is 2.42. The fraction of sp³-hybridized carbons (Fsp3) is 0.238. The maximum atomic E-state index is 13.0. The second-order valence-corrected chi connectivity index (χ2v) is 7.75. The number of rotatable bonds is 2. The molecule has 1 aliphatic carbocycles. The molecular formula is C21H19ClN2O. The van der Waals surface area contributed by atoms with E-state index in [1.165, 1.54) is 0 Å². The molecule has 0 radical (unpaired) electrons. The van der Waals surface area contributed by atoms with Gasteiger partial charge in [-0.3, -0.25) is 4.79 Å². The van der Waals surface area contributed by atoms with E-state index in [0.717, 1.165) is 34.6 Å². The van der Waals surface area contributed by atoms with Gasteiger partial charge in [0.25, 0.3) is 0 Å². The lowest BCUT2D eigenvalue weighted by atomic mass is 9.75. The molecule has 1 aliphatic rings. The van der Waals surface area contributed by atoms with E-state index < -0.39 is 0 Å². The Hall–Kier alpha value is -2.39. The second kappa shape index (κ2) is 5.85. The Balaban J connectivity index is 2.00. The Kier molecular flexibility index (Phi) is 3.77. The molecule has 0 saturated carbocycles. The Bertz CT molecular complexity index is 957. The number of halogens is 1. The van der Waals surface area contributed by atoms with Crippen LogP contribution in [0, 0.1) is 5.41 Å². The van der Waals surface area contributed by atoms with Crippen molar-refractivity contribution in [3.8, 4) is 16.9 Å². The molecule has 0 fully saturated rings. The summed E-state index contributed by atoms with van der Waals surface area (Å²) in [4.78, 5) is 17.5. The fourth-order valence-corrected chi connectivity index (χ4v) is 3.89. The van der Waals surface area contributed by atoms with E-state index in [0.29, 0.717) is 11.4 Å². The highest BCUT2D eigenvalue weighted by Gasteiger charge is 2.36. The van der Waals surface area contributed by atoms with Gasteiger partial charge in [0.1, 0.15) is 5.82 Å². The molecule has 4 rings (SSSR count). The number of benzene rings is 1. The third kappa shape index (κ3) is 2.79. The lowest BCUT2D eigenvalue weighted by Gasteiger charge is -2.30. The first-order valence-corrected chi connectivity index (χ1v) is 8.78. The van der Waals surface area contributed by atoms with Gasteiger partial charge in [-0.15, -0.1) is 0 Å². The van der Waals surface area contributed by atoms with Gasteiger partial charge in [-0.1, -0.05) is 49.7 Å². The number of hydrogen-bond donors (Lipinski definition) is 0. The number of nitrogens with zero attached hydrogens (tertiary/aromatic N) is 2. The largest absolute Gasteiger partial charge is 0.304 e. The van der Waals surface area contributed by atoms with Crippen molar-refractivity contribution in [3.63, 3.8) is 0 Å². The molecule has 4 heteroatoms. The summed E-state index contributed by atoms with van der Waals surface area (Å²) in [5.74, 6) is 0.999. The first kappa shape index (κ1) is 16.1. The number of pyridine rings is 1. The normalized spacial score (nSPS) is 15.9. The van der Waals surface area contributed by atoms with Gasteiger partial charge in [0.05, 0.1) is 0 Å². The van der Waals surface area contributed by atoms with E-state index in [1.807, 2.05) is 53.2 Å². The summed E-state index contributed by atoms with van der Waals surface area (Å²) in [7, 11) is 0. The molecule has 0 saturated heterocycles. The SMILES string of the molecule is CC1(C)CC(=O)c2c(-c3ccccc3Cl)cn(-c3ccccn3)c2C1. The number of Topliss-reactive ketones (excluding diaryl/α,β-unsaturated/α-hetero) is 1. The molecule has 2 heterocycles. The van der Waals surface area contributed by atoms with E-state index in [4.69, 9.17) is 11.6 Å². The van der Waals surface area contributed by atoms with Gasteiger partial charge in [0, 0.05) is 46.2 Å². The van der Waals surface area contributed by atoms with Crippen LogP contribution in [-0.2, 0) is 6.42 Å². The molecule has 3 nitrogen and oxygen atoms in total. The minimum Gasteiger partial charge on any atom is -0.304 e. The van der Waals surface area contributed by atoms with Gasteiger partial charge in [0.15, 0.2) is 5.78 Å². The van der Waals surface area contributed by atoms with Crippen molar-refractivity contribution in [2.24, 2.45) is 5.41 Å². The average Bonchev–Trinajstić information content (AvgIpc) is 2.94. The molecule has 0 amide bonds. The minimum atomic E-state index is -0.0628. The number of fused-ring (bicyclic) bond motifs is 1. The van der Waals surface area contributed by atoms with Gasteiger partial charge in [0.2, 0.25) is 0 Å². The molecule has 0 aliphatic heterocycles. The molecule has 0 atom stereocenters. The van der Waals surface area contributed by atoms with E-state index in [1.54, 1.807) is 6.20 Å². The second-order valence-electron chi connectivity index (χ2n) is 7.34. The van der Waals surface area contributed by atoms with Crippen LogP contribution >= 0.6 is 11.6 Å². The van der Waals surface area contributed by atoms with Crippen molar-refractivity contribution in [2.45, 2.75) is 26.7 Å². The summed E-state index contributed by atoms with van der Waals surface area (Å²) in [6.45, 7) is 4.28. The lowest BCUT2D eigenvalue weighted by Crippen LogP contribution is -2.28. The third-order valence-corrected chi connectivity index (χ3v) is 5.06. The van der Waals surface area contributed by atoms with Gasteiger partial charge >= 0.3 is 0 Å². The van der Waals surface area contributed by atoms with Crippen LogP contribution in [0.25, 0.3) is 16.9 Å². The standard InChI is InChI=1S/C21H19ClN2O/c1-21(2)11-17-20(18(25)12-21)15(14-7-3-4-8-16(14)22)13-24(17)19-9-5-6-10-23-19/h3-10,13H,11-12H2,1-2H3. The van der Waals surface area contributed by atoms with Crippen LogP contribution in [0.4, 0.5) is 0 Å². The molecule has 0 N–H and O–H groups in total. The summed E-state index contributed by atoms with van der Waals surface area (Å²) in [6, 6.07) is 13.5. The monoisotopic (exact) mass is 350 g/mol. The first-order chi connectivity index (χ1) is 12.0. The van der Waals surface area contributed by atoms with Crippen LogP contribution in [-0.4, -0.2) is 15.3 Å². The topological polar surface area (TPSA) is 34.9 Å². The summed E-state index contributed by atoms with van der Waals surface area (Å²) >= 11 is 6.42. The summed E-state index contributed by atoms with van der Waals surface area (Å²) < 4.78 is 2.05. The fourth-order valence-electron chi connectivity index (χ4n) is 3.66. The molecule has 2 aromatic heterocycles. The van der Waals surface area contributed by atoms with Gasteiger partial charge < -0.3 is 4.57 Å². The molecule has 0 unspecified atom stereocenters. The first-order valence-electron chi connectivity index (χ1n) is 8.40. The molecular weight excluding hydrogens is 332 g/mol. The van der Waals surface area contributed by atoms with Crippen LogP contribution in [0.3, 0.4) is 0 Å². The zero-order valence-corrected chi connectivity index (χ0v) is 15.0. The number of aromatic nitrogens is 2. The smallest absolute Gasteiger partial charge is 0.165 e. The minimum absolute atomic E-state index is 0.0628. The number of hydrogen-bond acceptors (Lipinski definition) is 2. The Morgan fingerprint density at radius 1 is 1.04 bits per heavy atom. The molecule has 25 heavy (non-hydrogen) atoms. The van der Waals surface area contributed by atoms with Crippen molar-refractivity contribution < 1.29 is 4.79 Å². The maximum absolute atomic E-state index is 13.0. The van der Waals surface area contributed by atoms with Crippen LogP contribution in [0.2, 0.25) is 5.02 Å². The van der Waals surface area contributed by atoms with E-state index in [2.05, 4.69) is 18.8 Å². The number of carbonyl (C=O) groups is 1. The van der Waals surface area contributed by atoms with Gasteiger partial charge in [-0.2, -0.15) is 0 Å². The number of ketones is 1. The van der Waals surface area contributed by atoms with Crippen LogP contribution in [0.15, 0.2) is 54.9 Å². The van der Waals surface area contributed by atoms with E-state index in [-0.39, 0.29) is 11.2 Å². The predicted molar refractivity (Wildman–Crippen MR) is 100 cm³/mol. The highest BCUT2D eigenvalue weighted by molar-refractivity contribution is 6.33. The van der Waals surface area contributed by atoms with Crippen molar-refractivity contribution in [1.29, 1.82) is 0 Å². The zero-order valence-electron chi connectivity index (χ0n) is 14.3. The summed E-state index contributed by atoms with van der Waals surface area (Å²) in [5, 5.41) is 0.654. The van der Waals surface area contributed by atoms with E-state index in [9.17, 15) is 4.79 Å². The molecule has 0 spiro atoms. The third-order valence-electron chi connectivity index (χ3n) is 4.73. The molecule has 3 aromatic rings. The average molecular weight is 351 g/mol. The zero-order chi connectivity index (χ0) is 17.6. The molecule has 1 aromatic carbocycles. The van der Waals surface area contributed by atoms with Crippen LogP contribution in [0.1, 0.15) is 36.3 Å². The molecule has 0 bridgehead atoms. The van der Waals surface area contributed by atoms with Gasteiger partial charge in [-0.05, 0) is 30.0 Å². The lowest BCUT2D eigenvalue weighted by molar-refractivity contribution is 0.0911. The predicted octanol–water partition coefficient (Wildman–Crippen LogP) is 5.35. The Morgan fingerprint density at radius 3 is 2.52 bits per heavy atom. The summed E-state index contributed by atoms with van der Waals surface area (Å²) in [6.07, 6.45) is 5.15. The van der Waals surface area contributed by atoms with Crippen molar-refractivity contribution in [1.82, 2.24) is 9.55 Å².